The molecule has 0 aliphatic rings. The number of aryl methyl sites for hydroxylation is 1. The minimum atomic E-state index is 0.0439. The molecule has 1 heterocycles. The number of pyridine rings is 1. The lowest BCUT2D eigenvalue weighted by Crippen LogP contribution is -2.24. The fourth-order valence-electron chi connectivity index (χ4n) is 1.54. The number of aromatic nitrogens is 1. The topological polar surface area (TPSA) is 42.0 Å². The highest BCUT2D eigenvalue weighted by atomic mass is 32.2. The van der Waals surface area contributed by atoms with Crippen molar-refractivity contribution in [1.82, 2.24) is 10.3 Å². The molecule has 98 valence electrons. The van der Waals surface area contributed by atoms with Gasteiger partial charge in [0.25, 0.3) is 0 Å². The molecule has 0 aliphatic heterocycles. The van der Waals surface area contributed by atoms with Crippen molar-refractivity contribution in [2.75, 3.05) is 5.75 Å². The Labute approximate surface area is 117 Å². The molecule has 1 N–H and O–H groups in total. The van der Waals surface area contributed by atoms with Crippen LogP contribution in [0.2, 0.25) is 0 Å². The van der Waals surface area contributed by atoms with Gasteiger partial charge in [0.15, 0.2) is 0 Å². The Hall–Kier alpha value is -1.81. The molecule has 0 spiro atoms. The van der Waals surface area contributed by atoms with Crippen molar-refractivity contribution in [3.8, 4) is 0 Å². The molecule has 0 atom stereocenters. The van der Waals surface area contributed by atoms with Crippen LogP contribution >= 0.6 is 11.8 Å². The third-order valence-corrected chi connectivity index (χ3v) is 3.64. The van der Waals surface area contributed by atoms with Crippen molar-refractivity contribution in [3.63, 3.8) is 0 Å². The molecule has 0 aliphatic carbocycles. The van der Waals surface area contributed by atoms with E-state index in [9.17, 15) is 4.79 Å². The molecule has 3 nitrogen and oxygen atoms in total. The summed E-state index contributed by atoms with van der Waals surface area (Å²) >= 11 is 1.51. The smallest absolute Gasteiger partial charge is 0.230 e. The molecule has 0 saturated heterocycles. The van der Waals surface area contributed by atoms with Crippen molar-refractivity contribution < 1.29 is 4.79 Å². The van der Waals surface area contributed by atoms with E-state index >= 15 is 0 Å². The number of carbonyl (C=O) groups excluding carboxylic acids is 1. The zero-order chi connectivity index (χ0) is 13.5. The maximum Gasteiger partial charge on any atom is 0.230 e. The van der Waals surface area contributed by atoms with Crippen molar-refractivity contribution in [3.05, 3.63) is 59.9 Å². The summed E-state index contributed by atoms with van der Waals surface area (Å²) < 4.78 is 0. The van der Waals surface area contributed by atoms with Gasteiger partial charge in [-0.15, -0.1) is 11.8 Å². The average molecular weight is 272 g/mol. The van der Waals surface area contributed by atoms with Crippen molar-refractivity contribution >= 4 is 17.7 Å². The molecule has 0 bridgehead atoms. The molecule has 0 radical (unpaired) electrons. The predicted octanol–water partition coefficient (Wildman–Crippen LogP) is 2.80. The highest BCUT2D eigenvalue weighted by molar-refractivity contribution is 8.00. The Balaban J connectivity index is 1.74. The first kappa shape index (κ1) is 13.6. The fraction of sp³-hybridized carbons (Fsp3) is 0.200. The van der Waals surface area contributed by atoms with Gasteiger partial charge in [0.05, 0.1) is 5.75 Å². The second kappa shape index (κ2) is 6.95. The number of carbonyl (C=O) groups is 1. The maximum atomic E-state index is 11.7. The van der Waals surface area contributed by atoms with Crippen LogP contribution in [0.4, 0.5) is 0 Å². The standard InChI is InChI=1S/C15H16N2OS/c1-12-2-4-13(5-3-12)10-17-15(18)11-19-14-6-8-16-9-7-14/h2-9H,10-11H2,1H3,(H,17,18). The Morgan fingerprint density at radius 3 is 2.53 bits per heavy atom. The summed E-state index contributed by atoms with van der Waals surface area (Å²) in [6.07, 6.45) is 3.46. The van der Waals surface area contributed by atoms with Gasteiger partial charge in [0, 0.05) is 23.8 Å². The molecular formula is C15H16N2OS. The molecular weight excluding hydrogens is 256 g/mol. The highest BCUT2D eigenvalue weighted by Gasteiger charge is 2.02. The van der Waals surface area contributed by atoms with Gasteiger partial charge in [-0.1, -0.05) is 29.8 Å². The summed E-state index contributed by atoms with van der Waals surface area (Å²) in [7, 11) is 0. The largest absolute Gasteiger partial charge is 0.351 e. The van der Waals surface area contributed by atoms with Gasteiger partial charge < -0.3 is 5.32 Å². The Morgan fingerprint density at radius 2 is 1.84 bits per heavy atom. The number of nitrogens with zero attached hydrogens (tertiary/aromatic N) is 1. The van der Waals surface area contributed by atoms with Crippen molar-refractivity contribution in [2.24, 2.45) is 0 Å². The molecule has 2 rings (SSSR count). The van der Waals surface area contributed by atoms with E-state index in [1.165, 1.54) is 17.3 Å². The number of hydrogen-bond acceptors (Lipinski definition) is 3. The number of rotatable bonds is 5. The van der Waals surface area contributed by atoms with Crippen molar-refractivity contribution in [2.45, 2.75) is 18.4 Å². The van der Waals surface area contributed by atoms with E-state index in [0.717, 1.165) is 10.5 Å². The van der Waals surface area contributed by atoms with Crippen LogP contribution in [0.3, 0.4) is 0 Å². The molecule has 0 fully saturated rings. The molecule has 0 saturated carbocycles. The molecule has 1 aromatic carbocycles. The monoisotopic (exact) mass is 272 g/mol. The van der Waals surface area contributed by atoms with Crippen LogP contribution in [0.15, 0.2) is 53.7 Å². The molecule has 1 aromatic heterocycles. The summed E-state index contributed by atoms with van der Waals surface area (Å²) in [5, 5.41) is 2.91. The fourth-order valence-corrected chi connectivity index (χ4v) is 2.25. The van der Waals surface area contributed by atoms with Crippen LogP contribution in [-0.4, -0.2) is 16.6 Å². The zero-order valence-electron chi connectivity index (χ0n) is 10.8. The lowest BCUT2D eigenvalue weighted by Gasteiger charge is -2.05. The van der Waals surface area contributed by atoms with Crippen LogP contribution in [0.25, 0.3) is 0 Å². The first-order chi connectivity index (χ1) is 9.24. The second-order valence-electron chi connectivity index (χ2n) is 4.23. The first-order valence-electron chi connectivity index (χ1n) is 6.09. The van der Waals surface area contributed by atoms with E-state index < -0.39 is 0 Å². The van der Waals surface area contributed by atoms with Gasteiger partial charge in [-0.2, -0.15) is 0 Å². The van der Waals surface area contributed by atoms with Gasteiger partial charge in [-0.25, -0.2) is 0 Å². The van der Waals surface area contributed by atoms with E-state index in [0.29, 0.717) is 12.3 Å². The molecule has 2 aromatic rings. The Morgan fingerprint density at radius 1 is 1.16 bits per heavy atom. The summed E-state index contributed by atoms with van der Waals surface area (Å²) in [5.41, 5.74) is 2.34. The maximum absolute atomic E-state index is 11.7. The van der Waals surface area contributed by atoms with Crippen LogP contribution < -0.4 is 5.32 Å². The first-order valence-corrected chi connectivity index (χ1v) is 7.07. The summed E-state index contributed by atoms with van der Waals surface area (Å²) in [6.45, 7) is 2.63. The molecule has 1 amide bonds. The van der Waals surface area contributed by atoms with E-state index in [2.05, 4.69) is 10.3 Å². The second-order valence-corrected chi connectivity index (χ2v) is 5.28. The van der Waals surface area contributed by atoms with Gasteiger partial charge >= 0.3 is 0 Å². The zero-order valence-corrected chi connectivity index (χ0v) is 11.6. The van der Waals surface area contributed by atoms with Crippen LogP contribution in [0.5, 0.6) is 0 Å². The summed E-state index contributed by atoms with van der Waals surface area (Å²) in [5.74, 6) is 0.470. The van der Waals surface area contributed by atoms with E-state index in [-0.39, 0.29) is 5.91 Å². The normalized spacial score (nSPS) is 10.2. The lowest BCUT2D eigenvalue weighted by molar-refractivity contribution is -0.118. The van der Waals surface area contributed by atoms with Gasteiger partial charge in [0.2, 0.25) is 5.91 Å². The Kier molecular flexibility index (Phi) is 4.98. The van der Waals surface area contributed by atoms with Gasteiger partial charge in [-0.3, -0.25) is 9.78 Å². The summed E-state index contributed by atoms with van der Waals surface area (Å²) in [4.78, 5) is 16.7. The third kappa shape index (κ3) is 4.75. The number of hydrogen-bond donors (Lipinski definition) is 1. The van der Waals surface area contributed by atoms with Crippen molar-refractivity contribution in [1.29, 1.82) is 0 Å². The van der Waals surface area contributed by atoms with E-state index in [1.807, 2.05) is 43.3 Å². The van der Waals surface area contributed by atoms with E-state index in [4.69, 9.17) is 0 Å². The number of amides is 1. The lowest BCUT2D eigenvalue weighted by atomic mass is 10.1. The predicted molar refractivity (Wildman–Crippen MR) is 78.0 cm³/mol. The number of thioether (sulfide) groups is 1. The van der Waals surface area contributed by atoms with Gasteiger partial charge in [0.1, 0.15) is 0 Å². The van der Waals surface area contributed by atoms with E-state index in [1.54, 1.807) is 12.4 Å². The average Bonchev–Trinajstić information content (AvgIpc) is 2.45. The third-order valence-electron chi connectivity index (χ3n) is 2.63. The quantitative estimate of drug-likeness (QED) is 0.851. The molecule has 0 unspecified atom stereocenters. The number of benzene rings is 1. The van der Waals surface area contributed by atoms with Gasteiger partial charge in [-0.05, 0) is 24.6 Å². The molecule has 4 heteroatoms. The minimum Gasteiger partial charge on any atom is -0.351 e. The van der Waals surface area contributed by atoms with Crippen LogP contribution in [0, 0.1) is 6.92 Å². The minimum absolute atomic E-state index is 0.0439. The van der Waals surface area contributed by atoms with Crippen LogP contribution in [-0.2, 0) is 11.3 Å². The number of nitrogens with one attached hydrogen (secondary N) is 1. The SMILES string of the molecule is Cc1ccc(CNC(=O)CSc2ccncc2)cc1. The summed E-state index contributed by atoms with van der Waals surface area (Å²) in [6, 6.07) is 12.0. The molecule has 19 heavy (non-hydrogen) atoms. The highest BCUT2D eigenvalue weighted by Crippen LogP contribution is 2.15. The van der Waals surface area contributed by atoms with Crippen LogP contribution in [0.1, 0.15) is 11.1 Å². The Bertz CT molecular complexity index is 526.